The summed E-state index contributed by atoms with van der Waals surface area (Å²) in [5, 5.41) is 5.59. The summed E-state index contributed by atoms with van der Waals surface area (Å²) >= 11 is 1.70. The number of carbonyl (C=O) groups excluding carboxylic acids is 2. The second-order valence-electron chi connectivity index (χ2n) is 5.47. The van der Waals surface area contributed by atoms with Crippen molar-refractivity contribution in [2.24, 2.45) is 0 Å². The highest BCUT2D eigenvalue weighted by Gasteiger charge is 2.17. The van der Waals surface area contributed by atoms with Gasteiger partial charge in [-0.1, -0.05) is 17.7 Å². The first-order chi connectivity index (χ1) is 11.6. The lowest BCUT2D eigenvalue weighted by atomic mass is 10.1. The Morgan fingerprint density at radius 1 is 1.25 bits per heavy atom. The third kappa shape index (κ3) is 4.08. The van der Waals surface area contributed by atoms with Gasteiger partial charge < -0.3 is 15.4 Å². The van der Waals surface area contributed by atoms with Crippen LogP contribution in [0.15, 0.2) is 47.4 Å². The number of hydrogen-bond acceptors (Lipinski definition) is 4. The Bertz CT molecular complexity index is 759. The van der Waals surface area contributed by atoms with Crippen LogP contribution in [0, 0.1) is 6.92 Å². The molecule has 0 aromatic heterocycles. The van der Waals surface area contributed by atoms with Crippen molar-refractivity contribution >= 4 is 29.3 Å². The van der Waals surface area contributed by atoms with Gasteiger partial charge in [-0.25, -0.2) is 0 Å². The lowest BCUT2D eigenvalue weighted by Crippen LogP contribution is -2.28. The third-order valence-electron chi connectivity index (χ3n) is 3.55. The SMILES string of the molecule is Cc1ccc(SCCNC(=O)c2ccc3c(c2)NC(=O)CO3)cc1. The van der Waals surface area contributed by atoms with Crippen LogP contribution in [0.2, 0.25) is 0 Å². The van der Waals surface area contributed by atoms with Crippen molar-refractivity contribution in [1.82, 2.24) is 5.32 Å². The van der Waals surface area contributed by atoms with Crippen LogP contribution in [0.1, 0.15) is 15.9 Å². The Hall–Kier alpha value is -2.47. The highest BCUT2D eigenvalue weighted by molar-refractivity contribution is 7.99. The maximum absolute atomic E-state index is 12.2. The molecule has 0 bridgehead atoms. The van der Waals surface area contributed by atoms with Crippen LogP contribution in [-0.4, -0.2) is 30.7 Å². The summed E-state index contributed by atoms with van der Waals surface area (Å²) in [5.41, 5.74) is 2.27. The number of rotatable bonds is 5. The number of anilines is 1. The minimum absolute atomic E-state index is 0.00871. The zero-order valence-electron chi connectivity index (χ0n) is 13.3. The molecule has 2 aromatic rings. The summed E-state index contributed by atoms with van der Waals surface area (Å²) in [4.78, 5) is 24.7. The zero-order valence-corrected chi connectivity index (χ0v) is 14.1. The fourth-order valence-corrected chi connectivity index (χ4v) is 3.06. The van der Waals surface area contributed by atoms with Crippen molar-refractivity contribution in [3.05, 3.63) is 53.6 Å². The molecule has 1 aliphatic heterocycles. The highest BCUT2D eigenvalue weighted by Crippen LogP contribution is 2.28. The van der Waals surface area contributed by atoms with E-state index >= 15 is 0 Å². The Kier molecular flexibility index (Phi) is 5.05. The molecule has 2 amide bonds. The Labute approximate surface area is 144 Å². The maximum atomic E-state index is 12.2. The van der Waals surface area contributed by atoms with Crippen molar-refractivity contribution in [3.8, 4) is 5.75 Å². The average Bonchev–Trinajstić information content (AvgIpc) is 2.59. The molecule has 0 spiro atoms. The van der Waals surface area contributed by atoms with Gasteiger partial charge in [0.25, 0.3) is 11.8 Å². The number of aryl methyl sites for hydroxylation is 1. The summed E-state index contributed by atoms with van der Waals surface area (Å²) < 4.78 is 5.28. The fourth-order valence-electron chi connectivity index (χ4n) is 2.29. The zero-order chi connectivity index (χ0) is 16.9. The first-order valence-corrected chi connectivity index (χ1v) is 8.65. The topological polar surface area (TPSA) is 67.4 Å². The molecule has 24 heavy (non-hydrogen) atoms. The summed E-state index contributed by atoms with van der Waals surface area (Å²) in [6.45, 7) is 2.63. The molecule has 0 aliphatic carbocycles. The first-order valence-electron chi connectivity index (χ1n) is 7.66. The summed E-state index contributed by atoms with van der Waals surface area (Å²) in [6, 6.07) is 13.3. The van der Waals surface area contributed by atoms with E-state index in [0.29, 0.717) is 23.5 Å². The Morgan fingerprint density at radius 2 is 2.04 bits per heavy atom. The first kappa shape index (κ1) is 16.4. The monoisotopic (exact) mass is 342 g/mol. The van der Waals surface area contributed by atoms with Crippen LogP contribution in [0.5, 0.6) is 5.75 Å². The smallest absolute Gasteiger partial charge is 0.262 e. The van der Waals surface area contributed by atoms with E-state index in [-0.39, 0.29) is 18.4 Å². The second kappa shape index (κ2) is 7.40. The molecule has 2 aromatic carbocycles. The van der Waals surface area contributed by atoms with Crippen molar-refractivity contribution < 1.29 is 14.3 Å². The van der Waals surface area contributed by atoms with Crippen molar-refractivity contribution in [2.45, 2.75) is 11.8 Å². The van der Waals surface area contributed by atoms with E-state index in [4.69, 9.17) is 4.74 Å². The van der Waals surface area contributed by atoms with Crippen molar-refractivity contribution in [1.29, 1.82) is 0 Å². The molecule has 0 radical (unpaired) electrons. The number of carbonyl (C=O) groups is 2. The normalized spacial score (nSPS) is 12.8. The van der Waals surface area contributed by atoms with Gasteiger partial charge in [0.15, 0.2) is 6.61 Å². The quantitative estimate of drug-likeness (QED) is 0.648. The van der Waals surface area contributed by atoms with Crippen molar-refractivity contribution in [3.63, 3.8) is 0 Å². The molecule has 0 saturated carbocycles. The predicted molar refractivity (Wildman–Crippen MR) is 94.8 cm³/mol. The van der Waals surface area contributed by atoms with Gasteiger partial charge in [-0.3, -0.25) is 9.59 Å². The molecular formula is C18H18N2O3S. The van der Waals surface area contributed by atoms with Gasteiger partial charge in [0.05, 0.1) is 5.69 Å². The highest BCUT2D eigenvalue weighted by atomic mass is 32.2. The molecule has 1 heterocycles. The number of amides is 2. The number of benzene rings is 2. The molecular weight excluding hydrogens is 324 g/mol. The summed E-state index contributed by atoms with van der Waals surface area (Å²) in [6.07, 6.45) is 0. The van der Waals surface area contributed by atoms with E-state index in [0.717, 1.165) is 5.75 Å². The van der Waals surface area contributed by atoms with Crippen LogP contribution >= 0.6 is 11.8 Å². The largest absolute Gasteiger partial charge is 0.482 e. The van der Waals surface area contributed by atoms with E-state index in [1.807, 2.05) is 0 Å². The van der Waals surface area contributed by atoms with Crippen LogP contribution in [0.4, 0.5) is 5.69 Å². The van der Waals surface area contributed by atoms with E-state index in [1.54, 1.807) is 30.0 Å². The minimum Gasteiger partial charge on any atom is -0.482 e. The molecule has 1 aliphatic rings. The van der Waals surface area contributed by atoms with E-state index in [1.165, 1.54) is 10.5 Å². The number of nitrogens with one attached hydrogen (secondary N) is 2. The Balaban J connectivity index is 1.51. The van der Waals surface area contributed by atoms with Crippen LogP contribution in [0.25, 0.3) is 0 Å². The molecule has 0 fully saturated rings. The van der Waals surface area contributed by atoms with Crippen molar-refractivity contribution in [2.75, 3.05) is 24.2 Å². The molecule has 0 saturated heterocycles. The second-order valence-corrected chi connectivity index (χ2v) is 6.63. The van der Waals surface area contributed by atoms with Gasteiger partial charge in [0, 0.05) is 22.8 Å². The molecule has 0 unspecified atom stereocenters. The average molecular weight is 342 g/mol. The van der Waals surface area contributed by atoms with Crippen LogP contribution in [-0.2, 0) is 4.79 Å². The third-order valence-corrected chi connectivity index (χ3v) is 4.57. The van der Waals surface area contributed by atoms with Gasteiger partial charge in [0.2, 0.25) is 0 Å². The Morgan fingerprint density at radius 3 is 2.83 bits per heavy atom. The molecule has 124 valence electrons. The van der Waals surface area contributed by atoms with Gasteiger partial charge in [-0.05, 0) is 37.3 Å². The molecule has 0 atom stereocenters. The molecule has 3 rings (SSSR count). The summed E-state index contributed by atoms with van der Waals surface area (Å²) in [7, 11) is 0. The van der Waals surface area contributed by atoms with Gasteiger partial charge in [0.1, 0.15) is 5.75 Å². The number of hydrogen-bond donors (Lipinski definition) is 2. The van der Waals surface area contributed by atoms with Gasteiger partial charge in [-0.2, -0.15) is 0 Å². The lowest BCUT2D eigenvalue weighted by molar-refractivity contribution is -0.118. The molecule has 5 nitrogen and oxygen atoms in total. The maximum Gasteiger partial charge on any atom is 0.262 e. The fraction of sp³-hybridized carbons (Fsp3) is 0.222. The predicted octanol–water partition coefficient (Wildman–Crippen LogP) is 2.85. The van der Waals surface area contributed by atoms with E-state index in [2.05, 4.69) is 41.8 Å². The van der Waals surface area contributed by atoms with E-state index in [9.17, 15) is 9.59 Å². The molecule has 2 N–H and O–H groups in total. The van der Waals surface area contributed by atoms with Crippen LogP contribution < -0.4 is 15.4 Å². The number of thioether (sulfide) groups is 1. The van der Waals surface area contributed by atoms with Crippen LogP contribution in [0.3, 0.4) is 0 Å². The molecule has 6 heteroatoms. The number of fused-ring (bicyclic) bond motifs is 1. The van der Waals surface area contributed by atoms with Gasteiger partial charge >= 0.3 is 0 Å². The van der Waals surface area contributed by atoms with Gasteiger partial charge in [-0.15, -0.1) is 11.8 Å². The minimum atomic E-state index is -0.213. The lowest BCUT2D eigenvalue weighted by Gasteiger charge is -2.18. The standard InChI is InChI=1S/C18H18N2O3S/c1-12-2-5-14(6-3-12)24-9-8-19-18(22)13-4-7-16-15(10-13)20-17(21)11-23-16/h2-7,10H,8-9,11H2,1H3,(H,19,22)(H,20,21). The number of ether oxygens (including phenoxy) is 1. The summed E-state index contributed by atoms with van der Waals surface area (Å²) in [5.74, 6) is 0.998. The van der Waals surface area contributed by atoms with E-state index < -0.39 is 0 Å².